The number of anilines is 1. The van der Waals surface area contributed by atoms with Crippen molar-refractivity contribution in [3.05, 3.63) is 84.4 Å². The second-order valence-corrected chi connectivity index (χ2v) is 9.37. The maximum atomic E-state index is 13.0. The van der Waals surface area contributed by atoms with Gasteiger partial charge in [0.25, 0.3) is 10.0 Å². The number of rotatable bonds is 7. The van der Waals surface area contributed by atoms with Gasteiger partial charge >= 0.3 is 0 Å². The summed E-state index contributed by atoms with van der Waals surface area (Å²) >= 11 is 0. The third-order valence-corrected chi connectivity index (χ3v) is 6.98. The van der Waals surface area contributed by atoms with Crippen LogP contribution in [0.5, 0.6) is 0 Å². The first kappa shape index (κ1) is 21.1. The molecule has 0 aromatic heterocycles. The summed E-state index contributed by atoms with van der Waals surface area (Å²) in [6.45, 7) is 1.22. The first-order chi connectivity index (χ1) is 14.9. The van der Waals surface area contributed by atoms with Crippen LogP contribution in [0.1, 0.15) is 18.4 Å². The van der Waals surface area contributed by atoms with E-state index in [2.05, 4.69) is 4.72 Å². The molecule has 1 aliphatic heterocycles. The fourth-order valence-corrected chi connectivity index (χ4v) is 5.08. The van der Waals surface area contributed by atoms with Crippen molar-refractivity contribution in [1.82, 2.24) is 4.90 Å². The van der Waals surface area contributed by atoms with Crippen LogP contribution in [0.4, 0.5) is 5.69 Å². The van der Waals surface area contributed by atoms with Gasteiger partial charge in [0.15, 0.2) is 0 Å². The van der Waals surface area contributed by atoms with Crippen molar-refractivity contribution in [3.63, 3.8) is 0 Å². The van der Waals surface area contributed by atoms with Crippen molar-refractivity contribution in [2.24, 2.45) is 5.73 Å². The molecule has 4 rings (SSSR count). The molecule has 1 amide bonds. The molecular formula is C24H25N3O3S. The van der Waals surface area contributed by atoms with E-state index < -0.39 is 10.0 Å². The van der Waals surface area contributed by atoms with Crippen molar-refractivity contribution < 1.29 is 13.2 Å². The molecule has 3 N–H and O–H groups in total. The Balaban J connectivity index is 1.54. The van der Waals surface area contributed by atoms with Crippen LogP contribution in [0.2, 0.25) is 0 Å². The van der Waals surface area contributed by atoms with Crippen LogP contribution in [0.3, 0.4) is 0 Å². The lowest BCUT2D eigenvalue weighted by atomic mass is 10.1. The lowest BCUT2D eigenvalue weighted by molar-refractivity contribution is -0.122. The van der Waals surface area contributed by atoms with Gasteiger partial charge < -0.3 is 5.73 Å². The summed E-state index contributed by atoms with van der Waals surface area (Å²) in [6, 6.07) is 23.6. The first-order valence-corrected chi connectivity index (χ1v) is 11.7. The van der Waals surface area contributed by atoms with Crippen molar-refractivity contribution in [2.75, 3.05) is 11.3 Å². The highest BCUT2D eigenvalue weighted by Crippen LogP contribution is 2.26. The molecule has 31 heavy (non-hydrogen) atoms. The molecule has 160 valence electrons. The summed E-state index contributed by atoms with van der Waals surface area (Å²) in [5.74, 6) is -0.339. The number of amides is 1. The number of carbonyl (C=O) groups is 1. The van der Waals surface area contributed by atoms with E-state index in [4.69, 9.17) is 5.73 Å². The topological polar surface area (TPSA) is 92.5 Å². The van der Waals surface area contributed by atoms with Gasteiger partial charge in [-0.15, -0.1) is 0 Å². The van der Waals surface area contributed by atoms with E-state index in [-0.39, 0.29) is 16.8 Å². The third-order valence-electron chi connectivity index (χ3n) is 5.60. The summed E-state index contributed by atoms with van der Waals surface area (Å²) in [5, 5.41) is 0. The second kappa shape index (κ2) is 8.91. The number of sulfonamides is 1. The Morgan fingerprint density at radius 3 is 2.29 bits per heavy atom. The summed E-state index contributed by atoms with van der Waals surface area (Å²) < 4.78 is 28.7. The molecule has 0 aliphatic carbocycles. The minimum atomic E-state index is -3.76. The zero-order chi connectivity index (χ0) is 21.8. The van der Waals surface area contributed by atoms with Crippen molar-refractivity contribution in [2.45, 2.75) is 30.3 Å². The van der Waals surface area contributed by atoms with E-state index in [1.165, 1.54) is 0 Å². The minimum absolute atomic E-state index is 0.193. The highest BCUT2D eigenvalue weighted by Gasteiger charge is 2.29. The normalized spacial score (nSPS) is 16.8. The number of nitrogens with one attached hydrogen (secondary N) is 1. The molecule has 1 heterocycles. The average Bonchev–Trinajstić information content (AvgIpc) is 3.24. The van der Waals surface area contributed by atoms with Gasteiger partial charge in [-0.2, -0.15) is 0 Å². The molecule has 3 aromatic rings. The predicted molar refractivity (Wildman–Crippen MR) is 122 cm³/mol. The number of para-hydroxylation sites is 1. The number of nitrogens with zero attached hydrogens (tertiary/aromatic N) is 1. The largest absolute Gasteiger partial charge is 0.368 e. The Labute approximate surface area is 182 Å². The monoisotopic (exact) mass is 435 g/mol. The van der Waals surface area contributed by atoms with Gasteiger partial charge in [0.1, 0.15) is 0 Å². The number of likely N-dealkylation sites (tertiary alicyclic amines) is 1. The van der Waals surface area contributed by atoms with Gasteiger partial charge in [-0.1, -0.05) is 60.7 Å². The Bertz CT molecular complexity index is 1160. The smallest absolute Gasteiger partial charge is 0.261 e. The standard InChI is InChI=1S/C24H25N3O3S/c25-24(28)23-11-6-16-27(23)17-20-9-4-5-10-22(20)26-31(29,30)21-14-12-19(13-15-21)18-7-2-1-3-8-18/h1-5,7-10,12-15,23,26H,6,11,16-17H2,(H2,25,28). The molecule has 7 heteroatoms. The number of hydrogen-bond donors (Lipinski definition) is 2. The predicted octanol–water partition coefficient (Wildman–Crippen LogP) is 3.60. The molecule has 0 saturated carbocycles. The van der Waals surface area contributed by atoms with Crippen LogP contribution in [0, 0.1) is 0 Å². The summed E-state index contributed by atoms with van der Waals surface area (Å²) in [4.78, 5) is 13.9. The quantitative estimate of drug-likeness (QED) is 0.593. The summed E-state index contributed by atoms with van der Waals surface area (Å²) in [7, 11) is -3.76. The fourth-order valence-electron chi connectivity index (χ4n) is 3.97. The molecule has 0 radical (unpaired) electrons. The maximum absolute atomic E-state index is 13.0. The Morgan fingerprint density at radius 1 is 0.935 bits per heavy atom. The molecule has 1 saturated heterocycles. The average molecular weight is 436 g/mol. The highest BCUT2D eigenvalue weighted by atomic mass is 32.2. The minimum Gasteiger partial charge on any atom is -0.368 e. The van der Waals surface area contributed by atoms with Crippen LogP contribution in [0.25, 0.3) is 11.1 Å². The van der Waals surface area contributed by atoms with E-state index in [1.807, 2.05) is 47.4 Å². The number of primary amides is 1. The fraction of sp³-hybridized carbons (Fsp3) is 0.208. The Hall–Kier alpha value is -3.16. The lowest BCUT2D eigenvalue weighted by Crippen LogP contribution is -2.39. The van der Waals surface area contributed by atoms with E-state index >= 15 is 0 Å². The van der Waals surface area contributed by atoms with Crippen LogP contribution in [-0.4, -0.2) is 31.8 Å². The number of benzene rings is 3. The maximum Gasteiger partial charge on any atom is 0.261 e. The zero-order valence-electron chi connectivity index (χ0n) is 17.1. The number of hydrogen-bond acceptors (Lipinski definition) is 4. The second-order valence-electron chi connectivity index (χ2n) is 7.68. The molecule has 1 aliphatic rings. The van der Waals surface area contributed by atoms with Gasteiger partial charge in [0.05, 0.1) is 16.6 Å². The van der Waals surface area contributed by atoms with Gasteiger partial charge in [0.2, 0.25) is 5.91 Å². The van der Waals surface area contributed by atoms with E-state index in [9.17, 15) is 13.2 Å². The molecule has 0 bridgehead atoms. The van der Waals surface area contributed by atoms with Gasteiger partial charge in [0, 0.05) is 6.54 Å². The molecule has 1 atom stereocenters. The van der Waals surface area contributed by atoms with Crippen LogP contribution < -0.4 is 10.5 Å². The lowest BCUT2D eigenvalue weighted by Gasteiger charge is -2.23. The van der Waals surface area contributed by atoms with Crippen LogP contribution in [-0.2, 0) is 21.4 Å². The number of carbonyl (C=O) groups excluding carboxylic acids is 1. The van der Waals surface area contributed by atoms with E-state index in [0.29, 0.717) is 12.2 Å². The molecule has 1 unspecified atom stereocenters. The van der Waals surface area contributed by atoms with Crippen molar-refractivity contribution in [1.29, 1.82) is 0 Å². The highest BCUT2D eigenvalue weighted by molar-refractivity contribution is 7.92. The van der Waals surface area contributed by atoms with E-state index in [0.717, 1.165) is 36.1 Å². The van der Waals surface area contributed by atoms with Crippen LogP contribution in [0.15, 0.2) is 83.8 Å². The van der Waals surface area contributed by atoms with Crippen molar-refractivity contribution in [3.8, 4) is 11.1 Å². The van der Waals surface area contributed by atoms with Gasteiger partial charge in [-0.05, 0) is 54.3 Å². The van der Waals surface area contributed by atoms with Crippen molar-refractivity contribution >= 4 is 21.6 Å². The molecule has 0 spiro atoms. The summed E-state index contributed by atoms with van der Waals surface area (Å²) in [6.07, 6.45) is 1.63. The van der Waals surface area contributed by atoms with Gasteiger partial charge in [-0.3, -0.25) is 14.4 Å². The van der Waals surface area contributed by atoms with E-state index in [1.54, 1.807) is 36.4 Å². The first-order valence-electron chi connectivity index (χ1n) is 10.2. The Kier molecular flexibility index (Phi) is 6.06. The SMILES string of the molecule is NC(=O)C1CCCN1Cc1ccccc1NS(=O)(=O)c1ccc(-c2ccccc2)cc1. The zero-order valence-corrected chi connectivity index (χ0v) is 17.9. The third kappa shape index (κ3) is 4.78. The summed E-state index contributed by atoms with van der Waals surface area (Å²) in [5.41, 5.74) is 8.81. The molecule has 3 aromatic carbocycles. The Morgan fingerprint density at radius 2 is 1.58 bits per heavy atom. The molecule has 6 nitrogen and oxygen atoms in total. The molecule has 1 fully saturated rings. The number of nitrogens with two attached hydrogens (primary N) is 1. The van der Waals surface area contributed by atoms with Crippen LogP contribution >= 0.6 is 0 Å². The van der Waals surface area contributed by atoms with Gasteiger partial charge in [-0.25, -0.2) is 8.42 Å². The molecular weight excluding hydrogens is 410 g/mol.